The standard InChI is InChI=1S/C21H28ClN5O5/c1-12(2)6-14(21(31)26-27(20(30)10-22)5-4-18(23)29)8-17(28)15-7-13-9-19(32-3)24-11-16(13)25-15/h7,9,11-12,14,25H,4-6,8,10H2,1-3H3,(H2,23,29)(H,26,31)/t14-/m1/s1. The van der Waals surface area contributed by atoms with Crippen LogP contribution < -0.4 is 15.9 Å². The van der Waals surface area contributed by atoms with Crippen molar-refractivity contribution >= 4 is 46.0 Å². The number of Topliss-reactive ketones (excluding diaryl/α,β-unsaturated/α-hetero) is 1. The zero-order valence-corrected chi connectivity index (χ0v) is 19.1. The minimum Gasteiger partial charge on any atom is -0.481 e. The molecule has 0 radical (unpaired) electrons. The molecular weight excluding hydrogens is 438 g/mol. The fourth-order valence-corrected chi connectivity index (χ4v) is 3.36. The number of nitrogens with zero attached hydrogens (tertiary/aromatic N) is 2. The molecule has 2 rings (SSSR count). The van der Waals surface area contributed by atoms with Gasteiger partial charge in [0.2, 0.25) is 17.7 Å². The Kier molecular flexibility index (Phi) is 9.01. The Morgan fingerprint density at radius 2 is 2.00 bits per heavy atom. The van der Waals surface area contributed by atoms with E-state index in [1.54, 1.807) is 18.3 Å². The second kappa shape index (κ2) is 11.5. The normalized spacial score (nSPS) is 11.9. The summed E-state index contributed by atoms with van der Waals surface area (Å²) in [5, 5.41) is 1.73. The molecule has 0 unspecified atom stereocenters. The van der Waals surface area contributed by atoms with E-state index in [1.807, 2.05) is 13.8 Å². The lowest BCUT2D eigenvalue weighted by molar-refractivity contribution is -0.142. The van der Waals surface area contributed by atoms with E-state index in [1.165, 1.54) is 7.11 Å². The highest BCUT2D eigenvalue weighted by Gasteiger charge is 2.27. The van der Waals surface area contributed by atoms with Crippen molar-refractivity contribution in [1.82, 2.24) is 20.4 Å². The topological polar surface area (TPSA) is 147 Å². The zero-order valence-electron chi connectivity index (χ0n) is 18.3. The Morgan fingerprint density at radius 3 is 2.59 bits per heavy atom. The molecule has 174 valence electrons. The molecule has 3 amide bonds. The van der Waals surface area contributed by atoms with Crippen molar-refractivity contribution in [1.29, 1.82) is 0 Å². The highest BCUT2D eigenvalue weighted by Crippen LogP contribution is 2.23. The van der Waals surface area contributed by atoms with Gasteiger partial charge in [-0.1, -0.05) is 13.8 Å². The summed E-state index contributed by atoms with van der Waals surface area (Å²) >= 11 is 5.60. The first-order chi connectivity index (χ1) is 15.1. The number of aromatic amines is 1. The third-order valence-electron chi connectivity index (χ3n) is 4.79. The maximum absolute atomic E-state index is 12.9. The van der Waals surface area contributed by atoms with Crippen LogP contribution in [0.2, 0.25) is 0 Å². The Bertz CT molecular complexity index is 990. The largest absolute Gasteiger partial charge is 0.481 e. The van der Waals surface area contributed by atoms with E-state index in [4.69, 9.17) is 22.1 Å². The van der Waals surface area contributed by atoms with Gasteiger partial charge in [0.1, 0.15) is 5.88 Å². The average molecular weight is 466 g/mol. The van der Waals surface area contributed by atoms with Gasteiger partial charge >= 0.3 is 0 Å². The predicted molar refractivity (Wildman–Crippen MR) is 119 cm³/mol. The molecule has 0 aliphatic rings. The van der Waals surface area contributed by atoms with E-state index >= 15 is 0 Å². The summed E-state index contributed by atoms with van der Waals surface area (Å²) in [6.07, 6.45) is 1.78. The average Bonchev–Trinajstić information content (AvgIpc) is 3.18. The first-order valence-electron chi connectivity index (χ1n) is 10.2. The molecule has 0 aliphatic carbocycles. The van der Waals surface area contributed by atoms with Crippen molar-refractivity contribution < 1.29 is 23.9 Å². The number of amides is 3. The summed E-state index contributed by atoms with van der Waals surface area (Å²) in [5.74, 6) is -2.48. The van der Waals surface area contributed by atoms with Crippen LogP contribution in [0.3, 0.4) is 0 Å². The van der Waals surface area contributed by atoms with Crippen LogP contribution >= 0.6 is 11.6 Å². The summed E-state index contributed by atoms with van der Waals surface area (Å²) < 4.78 is 5.10. The monoisotopic (exact) mass is 465 g/mol. The van der Waals surface area contributed by atoms with Crippen molar-refractivity contribution in [2.75, 3.05) is 19.5 Å². The third-order valence-corrected chi connectivity index (χ3v) is 5.02. The van der Waals surface area contributed by atoms with Crippen LogP contribution in [-0.4, -0.2) is 58.0 Å². The van der Waals surface area contributed by atoms with Crippen molar-refractivity contribution in [3.05, 3.63) is 24.0 Å². The van der Waals surface area contributed by atoms with Crippen LogP contribution in [0.4, 0.5) is 0 Å². The molecule has 10 nitrogen and oxygen atoms in total. The highest BCUT2D eigenvalue weighted by molar-refractivity contribution is 6.27. The van der Waals surface area contributed by atoms with Gasteiger partial charge in [-0.3, -0.25) is 29.6 Å². The maximum Gasteiger partial charge on any atom is 0.255 e. The number of pyridine rings is 1. The maximum atomic E-state index is 12.9. The molecule has 0 saturated carbocycles. The second-order valence-electron chi connectivity index (χ2n) is 7.82. The summed E-state index contributed by atoms with van der Waals surface area (Å²) in [6.45, 7) is 3.76. The number of ketones is 1. The van der Waals surface area contributed by atoms with Crippen LogP contribution in [0.1, 0.15) is 43.6 Å². The second-order valence-corrected chi connectivity index (χ2v) is 8.09. The molecule has 32 heavy (non-hydrogen) atoms. The van der Waals surface area contributed by atoms with Crippen molar-refractivity contribution in [3.63, 3.8) is 0 Å². The van der Waals surface area contributed by atoms with Crippen LogP contribution in [0.5, 0.6) is 5.88 Å². The number of aromatic nitrogens is 2. The Labute approximate surface area is 190 Å². The number of primary amides is 1. The number of ether oxygens (including phenoxy) is 1. The van der Waals surface area contributed by atoms with E-state index in [0.29, 0.717) is 23.5 Å². The molecule has 0 aromatic carbocycles. The van der Waals surface area contributed by atoms with Gasteiger partial charge < -0.3 is 15.5 Å². The summed E-state index contributed by atoms with van der Waals surface area (Å²) in [7, 11) is 1.50. The van der Waals surface area contributed by atoms with Gasteiger partial charge in [-0.2, -0.15) is 0 Å². The number of carbonyl (C=O) groups is 4. The number of methoxy groups -OCH3 is 1. The van der Waals surface area contributed by atoms with Crippen molar-refractivity contribution in [2.24, 2.45) is 17.6 Å². The van der Waals surface area contributed by atoms with Crippen LogP contribution in [0.25, 0.3) is 10.9 Å². The van der Waals surface area contributed by atoms with E-state index in [0.717, 1.165) is 10.4 Å². The van der Waals surface area contributed by atoms with Gasteiger partial charge in [-0.25, -0.2) is 4.98 Å². The number of hydrogen-bond acceptors (Lipinski definition) is 6. The van der Waals surface area contributed by atoms with E-state index in [9.17, 15) is 19.2 Å². The minimum atomic E-state index is -0.694. The molecule has 0 fully saturated rings. The highest BCUT2D eigenvalue weighted by atomic mass is 35.5. The molecular formula is C21H28ClN5O5. The lowest BCUT2D eigenvalue weighted by Crippen LogP contribution is -2.50. The van der Waals surface area contributed by atoms with Crippen molar-refractivity contribution in [2.45, 2.75) is 33.1 Å². The molecule has 0 aliphatic heterocycles. The van der Waals surface area contributed by atoms with E-state index in [2.05, 4.69) is 15.4 Å². The van der Waals surface area contributed by atoms with Gasteiger partial charge in [0.15, 0.2) is 5.78 Å². The van der Waals surface area contributed by atoms with Crippen LogP contribution in [0, 0.1) is 11.8 Å². The van der Waals surface area contributed by atoms with Gasteiger partial charge in [-0.15, -0.1) is 11.6 Å². The number of fused-ring (bicyclic) bond motifs is 1. The Balaban J connectivity index is 2.17. The summed E-state index contributed by atoms with van der Waals surface area (Å²) in [4.78, 5) is 56.1. The molecule has 2 aromatic rings. The Hall–Kier alpha value is -3.14. The van der Waals surface area contributed by atoms with Gasteiger partial charge in [0, 0.05) is 30.2 Å². The predicted octanol–water partition coefficient (Wildman–Crippen LogP) is 1.78. The summed E-state index contributed by atoms with van der Waals surface area (Å²) in [6, 6.07) is 3.39. The SMILES string of the molecule is COc1cc2cc(C(=O)C[C@@H](CC(C)C)C(=O)NN(CCC(N)=O)C(=O)CCl)[nH]c2cn1. The summed E-state index contributed by atoms with van der Waals surface area (Å²) in [5.41, 5.74) is 8.64. The number of H-pyrrole nitrogens is 1. The lowest BCUT2D eigenvalue weighted by atomic mass is 9.91. The van der Waals surface area contributed by atoms with Crippen molar-refractivity contribution in [3.8, 4) is 5.88 Å². The Morgan fingerprint density at radius 1 is 1.28 bits per heavy atom. The molecule has 2 aromatic heterocycles. The number of nitrogens with one attached hydrogen (secondary N) is 2. The lowest BCUT2D eigenvalue weighted by Gasteiger charge is -2.25. The molecule has 0 saturated heterocycles. The molecule has 0 spiro atoms. The van der Waals surface area contributed by atoms with Gasteiger partial charge in [-0.05, 0) is 18.4 Å². The fourth-order valence-electron chi connectivity index (χ4n) is 3.22. The molecule has 11 heteroatoms. The molecule has 0 bridgehead atoms. The van der Waals surface area contributed by atoms with E-state index in [-0.39, 0.29) is 37.0 Å². The third kappa shape index (κ3) is 6.94. The smallest absolute Gasteiger partial charge is 0.255 e. The van der Waals surface area contributed by atoms with E-state index < -0.39 is 23.6 Å². The minimum absolute atomic E-state index is 0.0693. The first kappa shape index (κ1) is 25.1. The van der Waals surface area contributed by atoms with Crippen LogP contribution in [0.15, 0.2) is 18.3 Å². The first-order valence-corrected chi connectivity index (χ1v) is 10.7. The number of rotatable bonds is 11. The number of nitrogens with two attached hydrogens (primary N) is 1. The molecule has 1 atom stereocenters. The fraction of sp³-hybridized carbons (Fsp3) is 0.476. The molecule has 4 N–H and O–H groups in total. The van der Waals surface area contributed by atoms with Crippen LogP contribution in [-0.2, 0) is 14.4 Å². The number of carbonyl (C=O) groups excluding carboxylic acids is 4. The zero-order chi connectivity index (χ0) is 23.8. The number of halogens is 1. The number of alkyl halides is 1. The number of hydrogen-bond donors (Lipinski definition) is 3. The molecule has 2 heterocycles. The van der Waals surface area contributed by atoms with Gasteiger partial charge in [0.05, 0.1) is 31.1 Å². The van der Waals surface area contributed by atoms with Gasteiger partial charge in [0.25, 0.3) is 5.91 Å². The quantitative estimate of drug-likeness (QED) is 0.262. The number of hydrazine groups is 1.